The van der Waals surface area contributed by atoms with Crippen LogP contribution in [0.5, 0.6) is 11.8 Å². The molecular formula is C29H31ClF3N5O3. The summed E-state index contributed by atoms with van der Waals surface area (Å²) in [6.07, 6.45) is 1.26. The molecule has 2 aliphatic heterocycles. The van der Waals surface area contributed by atoms with Gasteiger partial charge < -0.3 is 19.6 Å². The number of hydrogen-bond donors (Lipinski definition) is 1. The van der Waals surface area contributed by atoms with Crippen LogP contribution in [0.2, 0.25) is 5.02 Å². The predicted octanol–water partition coefficient (Wildman–Crippen LogP) is 4.97. The lowest BCUT2D eigenvalue weighted by Crippen LogP contribution is -2.58. The van der Waals surface area contributed by atoms with E-state index in [0.29, 0.717) is 25.5 Å². The van der Waals surface area contributed by atoms with Crippen molar-refractivity contribution >= 4 is 34.2 Å². The van der Waals surface area contributed by atoms with Gasteiger partial charge in [0.2, 0.25) is 5.91 Å². The number of phenolic OH excluding ortho intramolecular Hbond substituents is 1. The van der Waals surface area contributed by atoms with Gasteiger partial charge in [0.05, 0.1) is 10.6 Å². The predicted molar refractivity (Wildman–Crippen MR) is 151 cm³/mol. The molecule has 8 nitrogen and oxygen atoms in total. The summed E-state index contributed by atoms with van der Waals surface area (Å²) >= 11 is 6.53. The van der Waals surface area contributed by atoms with Crippen molar-refractivity contribution in [2.45, 2.75) is 38.5 Å². The number of piperazine rings is 1. The molecule has 3 heterocycles. The Morgan fingerprint density at radius 2 is 1.90 bits per heavy atom. The summed E-state index contributed by atoms with van der Waals surface area (Å²) in [5.74, 6) is -2.14. The molecule has 0 saturated carbocycles. The van der Waals surface area contributed by atoms with E-state index in [-0.39, 0.29) is 70.8 Å². The Kier molecular flexibility index (Phi) is 7.78. The molecular weight excluding hydrogens is 559 g/mol. The second-order valence-electron chi connectivity index (χ2n) is 10.9. The molecule has 0 aliphatic carbocycles. The fourth-order valence-corrected chi connectivity index (χ4v) is 6.06. The minimum Gasteiger partial charge on any atom is -0.507 e. The van der Waals surface area contributed by atoms with Crippen LogP contribution in [0.15, 0.2) is 36.9 Å². The average Bonchev–Trinajstić information content (AvgIpc) is 2.88. The van der Waals surface area contributed by atoms with Gasteiger partial charge in [-0.3, -0.25) is 9.69 Å². The zero-order valence-corrected chi connectivity index (χ0v) is 23.8. The topological polar surface area (TPSA) is 82.0 Å². The lowest BCUT2D eigenvalue weighted by Gasteiger charge is -2.45. The standard InChI is InChI=1S/C29H31ClF3N5O3/c1-5-22(40)37-12-16(2)38(17(3)13-37)27-18-11-19(30)23(24-20(31)7-6-8-21(24)39)25(32)26(18)34-28(35-27)41-10-9-36-14-29(4,33)15-36/h5-8,11,16-17,39H,1,9-10,12-15H2,2-4H3/t16-,17+. The van der Waals surface area contributed by atoms with Gasteiger partial charge in [-0.25, -0.2) is 13.2 Å². The van der Waals surface area contributed by atoms with Crippen molar-refractivity contribution in [2.24, 2.45) is 0 Å². The first-order valence-corrected chi connectivity index (χ1v) is 13.7. The summed E-state index contributed by atoms with van der Waals surface area (Å²) < 4.78 is 50.8. The third-order valence-corrected chi connectivity index (χ3v) is 7.78. The van der Waals surface area contributed by atoms with Gasteiger partial charge in [-0.2, -0.15) is 9.97 Å². The van der Waals surface area contributed by atoms with Crippen LogP contribution in [0.4, 0.5) is 19.0 Å². The zero-order chi connectivity index (χ0) is 29.6. The van der Waals surface area contributed by atoms with E-state index in [4.69, 9.17) is 16.3 Å². The minimum atomic E-state index is -1.23. The fourth-order valence-electron chi connectivity index (χ4n) is 5.77. The lowest BCUT2D eigenvalue weighted by molar-refractivity contribution is -0.127. The fraction of sp³-hybridized carbons (Fsp3) is 0.414. The number of phenols is 1. The first-order chi connectivity index (χ1) is 19.4. The molecule has 0 radical (unpaired) electrons. The average molecular weight is 590 g/mol. The third kappa shape index (κ3) is 5.52. The van der Waals surface area contributed by atoms with Crippen molar-refractivity contribution in [3.05, 3.63) is 53.6 Å². The first-order valence-electron chi connectivity index (χ1n) is 13.3. The van der Waals surface area contributed by atoms with Crippen LogP contribution >= 0.6 is 11.6 Å². The molecule has 0 unspecified atom stereocenters. The van der Waals surface area contributed by atoms with E-state index >= 15 is 4.39 Å². The molecule has 5 rings (SSSR count). The highest BCUT2D eigenvalue weighted by Crippen LogP contribution is 2.43. The van der Waals surface area contributed by atoms with E-state index in [9.17, 15) is 18.7 Å². The smallest absolute Gasteiger partial charge is 0.319 e. The summed E-state index contributed by atoms with van der Waals surface area (Å²) in [5, 5.41) is 10.5. The van der Waals surface area contributed by atoms with Gasteiger partial charge in [0.1, 0.15) is 35.2 Å². The Morgan fingerprint density at radius 1 is 1.22 bits per heavy atom. The number of aromatic hydroxyl groups is 1. The molecule has 1 aromatic heterocycles. The van der Waals surface area contributed by atoms with E-state index in [1.807, 2.05) is 23.6 Å². The van der Waals surface area contributed by atoms with Crippen molar-refractivity contribution in [3.63, 3.8) is 0 Å². The van der Waals surface area contributed by atoms with E-state index in [1.54, 1.807) is 4.90 Å². The summed E-state index contributed by atoms with van der Waals surface area (Å²) in [6, 6.07) is 4.48. The monoisotopic (exact) mass is 589 g/mol. The van der Waals surface area contributed by atoms with Gasteiger partial charge in [0.25, 0.3) is 0 Å². The number of halogens is 4. The van der Waals surface area contributed by atoms with Gasteiger partial charge >= 0.3 is 6.01 Å². The number of hydrogen-bond acceptors (Lipinski definition) is 7. The highest BCUT2D eigenvalue weighted by molar-refractivity contribution is 6.34. The number of carbonyl (C=O) groups is 1. The van der Waals surface area contributed by atoms with Crippen molar-refractivity contribution in [3.8, 4) is 22.9 Å². The second-order valence-corrected chi connectivity index (χ2v) is 11.3. The molecule has 12 heteroatoms. The van der Waals surface area contributed by atoms with Crippen molar-refractivity contribution < 1.29 is 27.8 Å². The highest BCUT2D eigenvalue weighted by atomic mass is 35.5. The lowest BCUT2D eigenvalue weighted by atomic mass is 9.99. The molecule has 2 atom stereocenters. The van der Waals surface area contributed by atoms with Gasteiger partial charge in [-0.15, -0.1) is 0 Å². The molecule has 2 fully saturated rings. The Labute approximate surface area is 241 Å². The number of anilines is 1. The molecule has 2 aromatic carbocycles. The molecule has 1 amide bonds. The van der Waals surface area contributed by atoms with Gasteiger partial charge in [0.15, 0.2) is 5.82 Å². The van der Waals surface area contributed by atoms with Crippen LogP contribution in [0.25, 0.3) is 22.0 Å². The van der Waals surface area contributed by atoms with Gasteiger partial charge in [-0.05, 0) is 45.0 Å². The third-order valence-electron chi connectivity index (χ3n) is 7.48. The Balaban J connectivity index is 1.59. The molecule has 218 valence electrons. The van der Waals surface area contributed by atoms with E-state index in [2.05, 4.69) is 16.5 Å². The maximum atomic E-state index is 16.3. The molecule has 3 aromatic rings. The summed E-state index contributed by atoms with van der Waals surface area (Å²) in [6.45, 7) is 10.8. The number of carbonyl (C=O) groups excluding carboxylic acids is 1. The van der Waals surface area contributed by atoms with Crippen molar-refractivity contribution in [1.29, 1.82) is 0 Å². The number of benzene rings is 2. The van der Waals surface area contributed by atoms with Gasteiger partial charge in [0, 0.05) is 55.8 Å². The van der Waals surface area contributed by atoms with E-state index in [0.717, 1.165) is 6.07 Å². The largest absolute Gasteiger partial charge is 0.507 e. The molecule has 1 N–H and O–H groups in total. The maximum absolute atomic E-state index is 16.3. The van der Waals surface area contributed by atoms with Crippen LogP contribution in [-0.2, 0) is 4.79 Å². The molecule has 41 heavy (non-hydrogen) atoms. The number of ether oxygens (including phenoxy) is 1. The number of nitrogens with zero attached hydrogens (tertiary/aromatic N) is 5. The van der Waals surface area contributed by atoms with E-state index < -0.39 is 23.1 Å². The Morgan fingerprint density at radius 3 is 2.51 bits per heavy atom. The van der Waals surface area contributed by atoms with Crippen molar-refractivity contribution in [2.75, 3.05) is 44.2 Å². The summed E-state index contributed by atoms with van der Waals surface area (Å²) in [4.78, 5) is 26.8. The Hall–Kier alpha value is -3.57. The highest BCUT2D eigenvalue weighted by Gasteiger charge is 2.38. The number of likely N-dealkylation sites (tertiary alicyclic amines) is 1. The van der Waals surface area contributed by atoms with Crippen LogP contribution in [0.1, 0.15) is 20.8 Å². The SMILES string of the molecule is C=CC(=O)N1C[C@@H](C)N(c2nc(OCCN3CC(C)(F)C3)nc3c(F)c(-c4c(O)cccc4F)c(Cl)cc23)[C@@H](C)C1. The quantitative estimate of drug-likeness (QED) is 0.390. The number of fused-ring (bicyclic) bond motifs is 1. The van der Waals surface area contributed by atoms with Crippen molar-refractivity contribution in [1.82, 2.24) is 19.8 Å². The molecule has 2 aliphatic rings. The van der Waals surface area contributed by atoms with Crippen LogP contribution in [0, 0.1) is 11.6 Å². The summed E-state index contributed by atoms with van der Waals surface area (Å²) in [5.41, 5.74) is -2.12. The maximum Gasteiger partial charge on any atom is 0.319 e. The summed E-state index contributed by atoms with van der Waals surface area (Å²) in [7, 11) is 0. The minimum absolute atomic E-state index is 0.120. The number of amides is 1. The molecule has 0 spiro atoms. The Bertz CT molecular complexity index is 1480. The molecule has 2 saturated heterocycles. The number of aromatic nitrogens is 2. The van der Waals surface area contributed by atoms with Crippen LogP contribution in [-0.4, -0.2) is 87.9 Å². The van der Waals surface area contributed by atoms with Crippen LogP contribution < -0.4 is 9.64 Å². The first kappa shape index (κ1) is 28.9. The number of rotatable bonds is 7. The van der Waals surface area contributed by atoms with Crippen LogP contribution in [0.3, 0.4) is 0 Å². The normalized spacial score (nSPS) is 20.7. The molecule has 0 bridgehead atoms. The van der Waals surface area contributed by atoms with E-state index in [1.165, 1.54) is 31.2 Å². The zero-order valence-electron chi connectivity index (χ0n) is 23.0. The second kappa shape index (κ2) is 11.0. The number of alkyl halides is 1. The van der Waals surface area contributed by atoms with Gasteiger partial charge in [-0.1, -0.05) is 24.2 Å².